The quantitative estimate of drug-likeness (QED) is 0.619. The number of aryl methyl sites for hydroxylation is 1. The molecule has 1 atom stereocenters. The fraction of sp³-hybridized carbons (Fsp3) is 0.455. The third-order valence-electron chi connectivity index (χ3n) is 2.59. The fourth-order valence-electron chi connectivity index (χ4n) is 1.42. The predicted molar refractivity (Wildman–Crippen MR) is 59.9 cm³/mol. The van der Waals surface area contributed by atoms with Crippen molar-refractivity contribution in [2.75, 3.05) is 7.05 Å². The van der Waals surface area contributed by atoms with Gasteiger partial charge in [0.05, 0.1) is 4.92 Å². The summed E-state index contributed by atoms with van der Waals surface area (Å²) in [4.78, 5) is 9.83. The van der Waals surface area contributed by atoms with Crippen LogP contribution < -0.4 is 5.32 Å². The zero-order chi connectivity index (χ0) is 12.1. The van der Waals surface area contributed by atoms with Gasteiger partial charge >= 0.3 is 5.69 Å². The molecule has 1 N–H and O–H groups in total. The van der Waals surface area contributed by atoms with Crippen molar-refractivity contribution in [1.29, 1.82) is 0 Å². The number of nitrogens with one attached hydrogen (secondary N) is 1. The van der Waals surface area contributed by atoms with Gasteiger partial charge in [0.25, 0.3) is 0 Å². The Labute approximate surface area is 93.6 Å². The smallest absolute Gasteiger partial charge is 0.305 e. The van der Waals surface area contributed by atoms with E-state index in [9.17, 15) is 14.5 Å². The van der Waals surface area contributed by atoms with Crippen LogP contribution in [0.5, 0.6) is 0 Å². The van der Waals surface area contributed by atoms with Gasteiger partial charge in [0.1, 0.15) is 0 Å². The Bertz CT molecular complexity index is 382. The maximum Gasteiger partial charge on any atom is 0.305 e. The highest BCUT2D eigenvalue weighted by molar-refractivity contribution is 5.36. The summed E-state index contributed by atoms with van der Waals surface area (Å²) < 4.78 is 13.6. The minimum atomic E-state index is -0.712. The SMILES string of the molecule is CNC(C)CCc1cccc([N+](=O)[O-])c1F. The van der Waals surface area contributed by atoms with Gasteiger partial charge in [-0.15, -0.1) is 0 Å². The molecule has 0 fully saturated rings. The van der Waals surface area contributed by atoms with Crippen LogP contribution in [0, 0.1) is 15.9 Å². The topological polar surface area (TPSA) is 55.2 Å². The first-order valence-electron chi connectivity index (χ1n) is 5.15. The van der Waals surface area contributed by atoms with E-state index >= 15 is 0 Å². The minimum Gasteiger partial charge on any atom is -0.317 e. The van der Waals surface area contributed by atoms with Crippen molar-refractivity contribution in [3.63, 3.8) is 0 Å². The second-order valence-corrected chi connectivity index (χ2v) is 3.74. The van der Waals surface area contributed by atoms with Crippen LogP contribution in [0.25, 0.3) is 0 Å². The molecule has 5 heteroatoms. The molecule has 0 heterocycles. The Morgan fingerprint density at radius 1 is 1.56 bits per heavy atom. The molecule has 0 bridgehead atoms. The molecular weight excluding hydrogens is 211 g/mol. The van der Waals surface area contributed by atoms with E-state index in [1.54, 1.807) is 6.07 Å². The van der Waals surface area contributed by atoms with E-state index in [4.69, 9.17) is 0 Å². The van der Waals surface area contributed by atoms with Crippen LogP contribution >= 0.6 is 0 Å². The number of nitrogens with zero attached hydrogens (tertiary/aromatic N) is 1. The van der Waals surface area contributed by atoms with Gasteiger partial charge in [-0.25, -0.2) is 0 Å². The zero-order valence-corrected chi connectivity index (χ0v) is 9.37. The highest BCUT2D eigenvalue weighted by atomic mass is 19.1. The van der Waals surface area contributed by atoms with Gasteiger partial charge in [0, 0.05) is 12.1 Å². The van der Waals surface area contributed by atoms with Crippen LogP contribution in [0.15, 0.2) is 18.2 Å². The molecule has 0 aliphatic rings. The molecule has 1 aromatic rings. The highest BCUT2D eigenvalue weighted by Crippen LogP contribution is 2.21. The zero-order valence-electron chi connectivity index (χ0n) is 9.37. The Balaban J connectivity index is 2.81. The van der Waals surface area contributed by atoms with Gasteiger partial charge in [-0.3, -0.25) is 10.1 Å². The molecule has 0 amide bonds. The average Bonchev–Trinajstić information content (AvgIpc) is 2.26. The molecule has 0 aliphatic carbocycles. The molecule has 0 saturated heterocycles. The number of nitro benzene ring substituents is 1. The lowest BCUT2D eigenvalue weighted by Crippen LogP contribution is -2.21. The summed E-state index contributed by atoms with van der Waals surface area (Å²) >= 11 is 0. The van der Waals surface area contributed by atoms with E-state index < -0.39 is 16.4 Å². The van der Waals surface area contributed by atoms with Gasteiger partial charge in [-0.05, 0) is 32.4 Å². The van der Waals surface area contributed by atoms with Crippen molar-refractivity contribution in [3.8, 4) is 0 Å². The number of nitro groups is 1. The second kappa shape index (κ2) is 5.55. The Morgan fingerprint density at radius 3 is 2.81 bits per heavy atom. The van der Waals surface area contributed by atoms with Gasteiger partial charge in [0.2, 0.25) is 5.82 Å². The Hall–Kier alpha value is -1.49. The molecule has 1 aromatic carbocycles. The lowest BCUT2D eigenvalue weighted by molar-refractivity contribution is -0.387. The van der Waals surface area contributed by atoms with Crippen LogP contribution in [-0.4, -0.2) is 18.0 Å². The summed E-state index contributed by atoms with van der Waals surface area (Å²) in [6.07, 6.45) is 1.24. The van der Waals surface area contributed by atoms with Crippen LogP contribution in [0.1, 0.15) is 18.9 Å². The number of benzene rings is 1. The summed E-state index contributed by atoms with van der Waals surface area (Å²) in [7, 11) is 1.83. The van der Waals surface area contributed by atoms with Gasteiger partial charge in [-0.1, -0.05) is 12.1 Å². The molecule has 0 saturated carbocycles. The maximum absolute atomic E-state index is 13.6. The van der Waals surface area contributed by atoms with Crippen LogP contribution in [0.2, 0.25) is 0 Å². The van der Waals surface area contributed by atoms with E-state index in [1.165, 1.54) is 12.1 Å². The standard InChI is InChI=1S/C11H15FN2O2/c1-8(13-2)6-7-9-4-3-5-10(11(9)12)14(15)16/h3-5,8,13H,6-7H2,1-2H3. The summed E-state index contributed by atoms with van der Waals surface area (Å²) in [6, 6.07) is 4.55. The summed E-state index contributed by atoms with van der Waals surface area (Å²) in [5.41, 5.74) is -0.0501. The van der Waals surface area contributed by atoms with E-state index in [2.05, 4.69) is 5.32 Å². The van der Waals surface area contributed by atoms with E-state index in [-0.39, 0.29) is 6.04 Å². The fourth-order valence-corrected chi connectivity index (χ4v) is 1.42. The van der Waals surface area contributed by atoms with Crippen molar-refractivity contribution >= 4 is 5.69 Å². The molecule has 0 aromatic heterocycles. The van der Waals surface area contributed by atoms with Gasteiger partial charge in [-0.2, -0.15) is 4.39 Å². The van der Waals surface area contributed by atoms with Crippen molar-refractivity contribution in [2.45, 2.75) is 25.8 Å². The summed E-state index contributed by atoms with van der Waals surface area (Å²) in [6.45, 7) is 1.98. The summed E-state index contributed by atoms with van der Waals surface area (Å²) in [5, 5.41) is 13.6. The first kappa shape index (κ1) is 12.6. The second-order valence-electron chi connectivity index (χ2n) is 3.74. The normalized spacial score (nSPS) is 12.4. The Kier molecular flexibility index (Phi) is 4.37. The van der Waals surface area contributed by atoms with Gasteiger partial charge < -0.3 is 5.32 Å². The average molecular weight is 226 g/mol. The first-order chi connectivity index (χ1) is 7.56. The van der Waals surface area contributed by atoms with E-state index in [0.29, 0.717) is 12.0 Å². The lowest BCUT2D eigenvalue weighted by atomic mass is 10.0. The largest absolute Gasteiger partial charge is 0.317 e. The van der Waals surface area contributed by atoms with Crippen molar-refractivity contribution in [2.24, 2.45) is 0 Å². The molecular formula is C11H15FN2O2. The van der Waals surface area contributed by atoms with E-state index in [0.717, 1.165) is 6.42 Å². The molecule has 88 valence electrons. The highest BCUT2D eigenvalue weighted by Gasteiger charge is 2.17. The predicted octanol–water partition coefficient (Wildman–Crippen LogP) is 2.27. The molecule has 4 nitrogen and oxygen atoms in total. The first-order valence-corrected chi connectivity index (χ1v) is 5.15. The van der Waals surface area contributed by atoms with Crippen molar-refractivity contribution in [3.05, 3.63) is 39.7 Å². The van der Waals surface area contributed by atoms with E-state index in [1.807, 2.05) is 14.0 Å². The van der Waals surface area contributed by atoms with Crippen molar-refractivity contribution in [1.82, 2.24) is 5.32 Å². The third kappa shape index (κ3) is 3.00. The summed E-state index contributed by atoms with van der Waals surface area (Å²) in [5.74, 6) is -0.712. The van der Waals surface area contributed by atoms with Gasteiger partial charge in [0.15, 0.2) is 0 Å². The van der Waals surface area contributed by atoms with Crippen LogP contribution in [0.3, 0.4) is 0 Å². The number of rotatable bonds is 5. The van der Waals surface area contributed by atoms with Crippen LogP contribution in [-0.2, 0) is 6.42 Å². The molecule has 0 spiro atoms. The monoisotopic (exact) mass is 226 g/mol. The molecule has 0 aliphatic heterocycles. The van der Waals surface area contributed by atoms with Crippen molar-refractivity contribution < 1.29 is 9.31 Å². The number of halogens is 1. The third-order valence-corrected chi connectivity index (χ3v) is 2.59. The molecule has 1 unspecified atom stereocenters. The lowest BCUT2D eigenvalue weighted by Gasteiger charge is -2.09. The molecule has 0 radical (unpaired) electrons. The Morgan fingerprint density at radius 2 is 2.25 bits per heavy atom. The number of hydrogen-bond donors (Lipinski definition) is 1. The minimum absolute atomic E-state index is 0.263. The maximum atomic E-state index is 13.6. The number of hydrogen-bond acceptors (Lipinski definition) is 3. The molecule has 16 heavy (non-hydrogen) atoms. The molecule has 1 rings (SSSR count). The van der Waals surface area contributed by atoms with Crippen LogP contribution in [0.4, 0.5) is 10.1 Å².